The van der Waals surface area contributed by atoms with E-state index >= 15 is 0 Å². The number of likely N-dealkylation sites (tertiary alicyclic amines) is 1. The molecule has 8 heteroatoms. The van der Waals surface area contributed by atoms with E-state index in [0.717, 1.165) is 29.8 Å². The predicted molar refractivity (Wildman–Crippen MR) is 112 cm³/mol. The van der Waals surface area contributed by atoms with Crippen LogP contribution in [0.5, 0.6) is 0 Å². The Labute approximate surface area is 174 Å². The second-order valence-electron chi connectivity index (χ2n) is 7.51. The Morgan fingerprint density at radius 2 is 1.93 bits per heavy atom. The van der Waals surface area contributed by atoms with Crippen LogP contribution in [0.2, 0.25) is 0 Å². The molecule has 0 atom stereocenters. The van der Waals surface area contributed by atoms with E-state index in [9.17, 15) is 9.59 Å². The highest BCUT2D eigenvalue weighted by Gasteiger charge is 2.25. The first kappa shape index (κ1) is 19.8. The number of carbonyl (C=O) groups excluding carboxylic acids is 2. The van der Waals surface area contributed by atoms with Crippen LogP contribution in [-0.4, -0.2) is 56.5 Å². The first-order valence-corrected chi connectivity index (χ1v) is 10.1. The van der Waals surface area contributed by atoms with Crippen molar-refractivity contribution in [3.63, 3.8) is 0 Å². The van der Waals surface area contributed by atoms with Gasteiger partial charge in [-0.25, -0.2) is 4.98 Å². The number of carbonyl (C=O) groups is 2. The van der Waals surface area contributed by atoms with Gasteiger partial charge in [-0.3, -0.25) is 19.7 Å². The van der Waals surface area contributed by atoms with Gasteiger partial charge in [0, 0.05) is 43.3 Å². The number of nitrogens with zero attached hydrogens (tertiary/aromatic N) is 4. The first-order chi connectivity index (χ1) is 14.6. The molecule has 0 spiro atoms. The highest BCUT2D eigenvalue weighted by Crippen LogP contribution is 2.21. The molecule has 4 heterocycles. The number of aromatic amines is 1. The van der Waals surface area contributed by atoms with Gasteiger partial charge in [0.05, 0.1) is 5.69 Å². The lowest BCUT2D eigenvalue weighted by molar-refractivity contribution is 0.0678. The molecule has 3 aromatic heterocycles. The lowest BCUT2D eigenvalue weighted by Gasteiger charge is -2.31. The van der Waals surface area contributed by atoms with Crippen molar-refractivity contribution in [3.05, 3.63) is 65.9 Å². The van der Waals surface area contributed by atoms with Crippen LogP contribution < -0.4 is 5.32 Å². The SMILES string of the molecule is Cc1cccc(C(=O)NCC2CCN(C(=O)c3cc(-c4ccncc4)n[nH]3)CC2)n1. The molecule has 1 aliphatic rings. The second kappa shape index (κ2) is 8.86. The number of aryl methyl sites for hydroxylation is 1. The number of aromatic nitrogens is 4. The van der Waals surface area contributed by atoms with Gasteiger partial charge >= 0.3 is 0 Å². The quantitative estimate of drug-likeness (QED) is 0.680. The Hall–Kier alpha value is -3.55. The van der Waals surface area contributed by atoms with E-state index in [1.807, 2.05) is 36.1 Å². The summed E-state index contributed by atoms with van der Waals surface area (Å²) < 4.78 is 0. The van der Waals surface area contributed by atoms with Gasteiger partial charge in [0.2, 0.25) is 0 Å². The van der Waals surface area contributed by atoms with Crippen LogP contribution in [0.1, 0.15) is 39.5 Å². The summed E-state index contributed by atoms with van der Waals surface area (Å²) in [7, 11) is 0. The first-order valence-electron chi connectivity index (χ1n) is 10.1. The third kappa shape index (κ3) is 4.53. The average Bonchev–Trinajstić information content (AvgIpc) is 3.28. The van der Waals surface area contributed by atoms with E-state index in [2.05, 4.69) is 25.5 Å². The smallest absolute Gasteiger partial charge is 0.271 e. The molecular formula is C22H24N6O2. The van der Waals surface area contributed by atoms with Gasteiger partial charge in [-0.2, -0.15) is 5.10 Å². The van der Waals surface area contributed by atoms with Crippen molar-refractivity contribution in [2.75, 3.05) is 19.6 Å². The van der Waals surface area contributed by atoms with Gasteiger partial charge < -0.3 is 10.2 Å². The zero-order chi connectivity index (χ0) is 20.9. The molecule has 3 aromatic rings. The zero-order valence-corrected chi connectivity index (χ0v) is 16.8. The Kier molecular flexibility index (Phi) is 5.83. The van der Waals surface area contributed by atoms with Crippen molar-refractivity contribution in [2.24, 2.45) is 5.92 Å². The van der Waals surface area contributed by atoms with E-state index in [1.54, 1.807) is 24.5 Å². The minimum Gasteiger partial charge on any atom is -0.350 e. The third-order valence-electron chi connectivity index (χ3n) is 5.36. The summed E-state index contributed by atoms with van der Waals surface area (Å²) in [5.74, 6) is 0.143. The van der Waals surface area contributed by atoms with E-state index < -0.39 is 0 Å². The van der Waals surface area contributed by atoms with Gasteiger partial charge in [-0.15, -0.1) is 0 Å². The minimum atomic E-state index is -0.154. The van der Waals surface area contributed by atoms with Crippen LogP contribution in [0.15, 0.2) is 48.8 Å². The van der Waals surface area contributed by atoms with Gasteiger partial charge in [0.25, 0.3) is 11.8 Å². The van der Waals surface area contributed by atoms with Crippen LogP contribution in [0.4, 0.5) is 0 Å². The number of hydrogen-bond acceptors (Lipinski definition) is 5. The Balaban J connectivity index is 1.28. The molecule has 8 nitrogen and oxygen atoms in total. The van der Waals surface area contributed by atoms with Gasteiger partial charge in [0.1, 0.15) is 11.4 Å². The summed E-state index contributed by atoms with van der Waals surface area (Å²) in [4.78, 5) is 35.1. The van der Waals surface area contributed by atoms with Crippen LogP contribution in [0.3, 0.4) is 0 Å². The van der Waals surface area contributed by atoms with Crippen LogP contribution in [-0.2, 0) is 0 Å². The molecule has 0 saturated carbocycles. The van der Waals surface area contributed by atoms with Gasteiger partial charge in [-0.05, 0) is 56.0 Å². The van der Waals surface area contributed by atoms with Crippen LogP contribution in [0, 0.1) is 12.8 Å². The monoisotopic (exact) mass is 404 g/mol. The molecule has 154 valence electrons. The number of rotatable bonds is 5. The number of piperidine rings is 1. The molecule has 0 aliphatic carbocycles. The molecule has 0 bridgehead atoms. The fraction of sp³-hybridized carbons (Fsp3) is 0.318. The Morgan fingerprint density at radius 1 is 1.17 bits per heavy atom. The molecule has 1 saturated heterocycles. The summed E-state index contributed by atoms with van der Waals surface area (Å²) in [6.45, 7) is 3.77. The van der Waals surface area contributed by atoms with Crippen molar-refractivity contribution in [2.45, 2.75) is 19.8 Å². The van der Waals surface area contributed by atoms with Gasteiger partial charge in [-0.1, -0.05) is 6.07 Å². The van der Waals surface area contributed by atoms with Crippen molar-refractivity contribution >= 4 is 11.8 Å². The Bertz CT molecular complexity index is 1020. The fourth-order valence-electron chi connectivity index (χ4n) is 3.61. The predicted octanol–water partition coefficient (Wildman–Crippen LogP) is 2.46. The number of amides is 2. The normalized spacial score (nSPS) is 14.5. The lowest BCUT2D eigenvalue weighted by atomic mass is 9.96. The molecule has 0 aromatic carbocycles. The summed E-state index contributed by atoms with van der Waals surface area (Å²) in [5.41, 5.74) is 3.38. The van der Waals surface area contributed by atoms with E-state index in [4.69, 9.17) is 0 Å². The van der Waals surface area contributed by atoms with Crippen LogP contribution >= 0.6 is 0 Å². The summed E-state index contributed by atoms with van der Waals surface area (Å²) >= 11 is 0. The zero-order valence-electron chi connectivity index (χ0n) is 16.8. The molecule has 30 heavy (non-hydrogen) atoms. The number of pyridine rings is 2. The molecule has 2 N–H and O–H groups in total. The standard InChI is InChI=1S/C22H24N6O2/c1-15-3-2-4-18(25-15)21(29)24-14-16-7-11-28(12-8-16)22(30)20-13-19(26-27-20)17-5-9-23-10-6-17/h2-6,9-10,13,16H,7-8,11-12,14H2,1H3,(H,24,29)(H,26,27). The lowest BCUT2D eigenvalue weighted by Crippen LogP contribution is -2.41. The van der Waals surface area contributed by atoms with E-state index in [1.165, 1.54) is 0 Å². The molecule has 1 fully saturated rings. The summed E-state index contributed by atoms with van der Waals surface area (Å²) in [6, 6.07) is 10.9. The molecular weight excluding hydrogens is 380 g/mol. The molecule has 1 aliphatic heterocycles. The van der Waals surface area contributed by atoms with Crippen molar-refractivity contribution < 1.29 is 9.59 Å². The molecule has 0 radical (unpaired) electrons. The molecule has 4 rings (SSSR count). The largest absolute Gasteiger partial charge is 0.350 e. The number of nitrogens with one attached hydrogen (secondary N) is 2. The van der Waals surface area contributed by atoms with Crippen LogP contribution in [0.25, 0.3) is 11.3 Å². The van der Waals surface area contributed by atoms with E-state index in [-0.39, 0.29) is 11.8 Å². The highest BCUT2D eigenvalue weighted by atomic mass is 16.2. The minimum absolute atomic E-state index is 0.0470. The summed E-state index contributed by atoms with van der Waals surface area (Å²) in [6.07, 6.45) is 5.09. The average molecular weight is 404 g/mol. The topological polar surface area (TPSA) is 104 Å². The highest BCUT2D eigenvalue weighted by molar-refractivity contribution is 5.93. The van der Waals surface area contributed by atoms with Crippen molar-refractivity contribution in [3.8, 4) is 11.3 Å². The fourth-order valence-corrected chi connectivity index (χ4v) is 3.61. The number of H-pyrrole nitrogens is 1. The van der Waals surface area contributed by atoms with E-state index in [0.29, 0.717) is 36.9 Å². The summed E-state index contributed by atoms with van der Waals surface area (Å²) in [5, 5.41) is 10.1. The second-order valence-corrected chi connectivity index (χ2v) is 7.51. The number of hydrogen-bond donors (Lipinski definition) is 2. The molecule has 2 amide bonds. The maximum absolute atomic E-state index is 12.8. The van der Waals surface area contributed by atoms with Crippen molar-refractivity contribution in [1.29, 1.82) is 0 Å². The van der Waals surface area contributed by atoms with Crippen molar-refractivity contribution in [1.82, 2.24) is 30.4 Å². The van der Waals surface area contributed by atoms with Gasteiger partial charge in [0.15, 0.2) is 0 Å². The maximum atomic E-state index is 12.8. The Morgan fingerprint density at radius 3 is 2.67 bits per heavy atom. The third-order valence-corrected chi connectivity index (χ3v) is 5.36. The maximum Gasteiger partial charge on any atom is 0.271 e. The molecule has 0 unspecified atom stereocenters.